The van der Waals surface area contributed by atoms with Crippen LogP contribution in [0.2, 0.25) is 0 Å². The van der Waals surface area contributed by atoms with Gasteiger partial charge in [-0.25, -0.2) is 0 Å². The van der Waals surface area contributed by atoms with Gasteiger partial charge >= 0.3 is 0 Å². The molecule has 1 heterocycles. The lowest BCUT2D eigenvalue weighted by Gasteiger charge is -2.39. The molecule has 0 spiro atoms. The molecular formula is C20H21BrN2O3. The first-order valence-electron chi connectivity index (χ1n) is 8.45. The molecule has 1 atom stereocenters. The highest BCUT2D eigenvalue weighted by molar-refractivity contribution is 9.10. The number of hydrogen-bond donors (Lipinski definition) is 0. The van der Waals surface area contributed by atoms with Gasteiger partial charge in [-0.2, -0.15) is 0 Å². The molecule has 26 heavy (non-hydrogen) atoms. The molecule has 0 bridgehead atoms. The van der Waals surface area contributed by atoms with E-state index in [-0.39, 0.29) is 11.8 Å². The van der Waals surface area contributed by atoms with Crippen LogP contribution in [0.15, 0.2) is 46.9 Å². The summed E-state index contributed by atoms with van der Waals surface area (Å²) in [7, 11) is 1.59. The molecular weight excluding hydrogens is 396 g/mol. The molecule has 0 N–H and O–H groups in total. The molecule has 5 nitrogen and oxygen atoms in total. The summed E-state index contributed by atoms with van der Waals surface area (Å²) in [6.07, 6.45) is 0. The summed E-state index contributed by atoms with van der Waals surface area (Å²) in [6, 6.07) is 12.4. The van der Waals surface area contributed by atoms with Crippen LogP contribution in [0, 0.1) is 6.92 Å². The maximum Gasteiger partial charge on any atom is 0.254 e. The van der Waals surface area contributed by atoms with Crippen molar-refractivity contribution in [2.75, 3.05) is 25.1 Å². The number of hydrogen-bond acceptors (Lipinski definition) is 3. The Bertz CT molecular complexity index is 853. The minimum atomic E-state index is -0.541. The molecule has 2 aromatic rings. The Hall–Kier alpha value is -2.34. The summed E-state index contributed by atoms with van der Waals surface area (Å²) in [5, 5.41) is 0. The normalized spacial score (nSPS) is 17.4. The van der Waals surface area contributed by atoms with Gasteiger partial charge < -0.3 is 14.5 Å². The highest BCUT2D eigenvalue weighted by atomic mass is 79.9. The van der Waals surface area contributed by atoms with Crippen molar-refractivity contribution in [3.63, 3.8) is 0 Å². The van der Waals surface area contributed by atoms with Crippen molar-refractivity contribution in [3.8, 4) is 5.75 Å². The number of rotatable bonds is 3. The Kier molecular flexibility index (Phi) is 5.32. The number of benzene rings is 2. The SMILES string of the molecule is COc1ccc(C)cc1N1CCN(C(=O)c2cccc(Br)c2)[C@H](C)C1=O. The summed E-state index contributed by atoms with van der Waals surface area (Å²) in [5.74, 6) is 0.412. The summed E-state index contributed by atoms with van der Waals surface area (Å²) in [4.78, 5) is 29.2. The zero-order chi connectivity index (χ0) is 18.8. The molecule has 0 radical (unpaired) electrons. The highest BCUT2D eigenvalue weighted by Gasteiger charge is 2.36. The van der Waals surface area contributed by atoms with Crippen molar-refractivity contribution in [1.29, 1.82) is 0 Å². The van der Waals surface area contributed by atoms with Gasteiger partial charge in [-0.1, -0.05) is 28.1 Å². The fourth-order valence-corrected chi connectivity index (χ4v) is 3.58. The molecule has 0 saturated carbocycles. The minimum Gasteiger partial charge on any atom is -0.495 e. The molecule has 1 aliphatic rings. The largest absolute Gasteiger partial charge is 0.495 e. The Morgan fingerprint density at radius 2 is 1.96 bits per heavy atom. The summed E-state index contributed by atoms with van der Waals surface area (Å²) in [6.45, 7) is 4.65. The lowest BCUT2D eigenvalue weighted by molar-refractivity contribution is -0.124. The summed E-state index contributed by atoms with van der Waals surface area (Å²) in [5.41, 5.74) is 2.37. The maximum atomic E-state index is 13.0. The van der Waals surface area contributed by atoms with E-state index in [1.165, 1.54) is 0 Å². The topological polar surface area (TPSA) is 49.9 Å². The van der Waals surface area contributed by atoms with Crippen molar-refractivity contribution < 1.29 is 14.3 Å². The Balaban J connectivity index is 1.85. The number of carbonyl (C=O) groups is 2. The molecule has 6 heteroatoms. The van der Waals surface area contributed by atoms with Crippen molar-refractivity contribution in [3.05, 3.63) is 58.1 Å². The fraction of sp³-hybridized carbons (Fsp3) is 0.300. The molecule has 1 aliphatic heterocycles. The average Bonchev–Trinajstić information content (AvgIpc) is 2.63. The van der Waals surface area contributed by atoms with E-state index in [4.69, 9.17) is 4.74 Å². The number of anilines is 1. The van der Waals surface area contributed by atoms with Gasteiger partial charge in [-0.05, 0) is 49.7 Å². The Labute approximate surface area is 161 Å². The average molecular weight is 417 g/mol. The number of aryl methyl sites for hydroxylation is 1. The number of methoxy groups -OCH3 is 1. The summed E-state index contributed by atoms with van der Waals surface area (Å²) < 4.78 is 6.25. The van der Waals surface area contributed by atoms with E-state index in [2.05, 4.69) is 15.9 Å². The van der Waals surface area contributed by atoms with Gasteiger partial charge in [0.1, 0.15) is 11.8 Å². The van der Waals surface area contributed by atoms with Crippen LogP contribution in [-0.4, -0.2) is 43.0 Å². The first-order chi connectivity index (χ1) is 12.4. The molecule has 0 unspecified atom stereocenters. The van der Waals surface area contributed by atoms with Gasteiger partial charge in [0.25, 0.3) is 5.91 Å². The van der Waals surface area contributed by atoms with Gasteiger partial charge in [0.05, 0.1) is 12.8 Å². The number of carbonyl (C=O) groups excluding carboxylic acids is 2. The second-order valence-corrected chi connectivity index (χ2v) is 7.27. The Morgan fingerprint density at radius 3 is 2.65 bits per heavy atom. The highest BCUT2D eigenvalue weighted by Crippen LogP contribution is 2.32. The lowest BCUT2D eigenvalue weighted by atomic mass is 10.1. The van der Waals surface area contributed by atoms with Crippen molar-refractivity contribution in [2.24, 2.45) is 0 Å². The van der Waals surface area contributed by atoms with Crippen LogP contribution < -0.4 is 9.64 Å². The molecule has 0 aromatic heterocycles. The number of ether oxygens (including phenoxy) is 1. The molecule has 1 fully saturated rings. The molecule has 1 saturated heterocycles. The van der Waals surface area contributed by atoms with E-state index < -0.39 is 6.04 Å². The molecule has 0 aliphatic carbocycles. The number of amides is 2. The van der Waals surface area contributed by atoms with Crippen molar-refractivity contribution >= 4 is 33.4 Å². The first kappa shape index (κ1) is 18.5. The number of nitrogens with zero attached hydrogens (tertiary/aromatic N) is 2. The van der Waals surface area contributed by atoms with Crippen molar-refractivity contribution in [1.82, 2.24) is 4.90 Å². The van der Waals surface area contributed by atoms with Crippen LogP contribution in [0.3, 0.4) is 0 Å². The number of piperazine rings is 1. The standard InChI is InChI=1S/C20H21BrN2O3/c1-13-7-8-18(26-3)17(11-13)23-10-9-22(14(2)19(23)24)20(25)15-5-4-6-16(21)12-15/h4-8,11-12,14H,9-10H2,1-3H3/t14-/m1/s1. The Morgan fingerprint density at radius 1 is 1.19 bits per heavy atom. The van der Waals surface area contributed by atoms with Crippen LogP contribution in [-0.2, 0) is 4.79 Å². The first-order valence-corrected chi connectivity index (χ1v) is 9.24. The van der Waals surface area contributed by atoms with Gasteiger partial charge in [-0.15, -0.1) is 0 Å². The minimum absolute atomic E-state index is 0.108. The van der Waals surface area contributed by atoms with Gasteiger partial charge in [0.2, 0.25) is 5.91 Å². The van der Waals surface area contributed by atoms with Crippen LogP contribution in [0.1, 0.15) is 22.8 Å². The molecule has 3 rings (SSSR count). The molecule has 2 aromatic carbocycles. The zero-order valence-electron chi connectivity index (χ0n) is 15.0. The zero-order valence-corrected chi connectivity index (χ0v) is 16.6. The third kappa shape index (κ3) is 3.46. The van der Waals surface area contributed by atoms with Gasteiger partial charge in [-0.3, -0.25) is 9.59 Å². The molecule has 136 valence electrons. The maximum absolute atomic E-state index is 13.0. The second-order valence-electron chi connectivity index (χ2n) is 6.35. The predicted molar refractivity (Wildman–Crippen MR) is 105 cm³/mol. The van der Waals surface area contributed by atoms with Crippen molar-refractivity contribution in [2.45, 2.75) is 19.9 Å². The van der Waals surface area contributed by atoms with E-state index in [0.717, 1.165) is 15.7 Å². The lowest BCUT2D eigenvalue weighted by Crippen LogP contribution is -2.57. The number of halogens is 1. The second kappa shape index (κ2) is 7.50. The summed E-state index contributed by atoms with van der Waals surface area (Å²) >= 11 is 3.38. The van der Waals surface area contributed by atoms with Crippen LogP contribution in [0.4, 0.5) is 5.69 Å². The fourth-order valence-electron chi connectivity index (χ4n) is 3.19. The quantitative estimate of drug-likeness (QED) is 0.766. The van der Waals surface area contributed by atoms with E-state index in [1.54, 1.807) is 36.0 Å². The monoisotopic (exact) mass is 416 g/mol. The van der Waals surface area contributed by atoms with Crippen LogP contribution in [0.5, 0.6) is 5.75 Å². The van der Waals surface area contributed by atoms with Crippen LogP contribution in [0.25, 0.3) is 0 Å². The van der Waals surface area contributed by atoms with E-state index >= 15 is 0 Å². The third-order valence-corrected chi connectivity index (χ3v) is 5.11. The third-order valence-electron chi connectivity index (χ3n) is 4.61. The predicted octanol–water partition coefficient (Wildman–Crippen LogP) is 3.64. The smallest absolute Gasteiger partial charge is 0.254 e. The van der Waals surface area contributed by atoms with Gasteiger partial charge in [0, 0.05) is 23.1 Å². The van der Waals surface area contributed by atoms with Crippen LogP contribution >= 0.6 is 15.9 Å². The molecule has 2 amide bonds. The van der Waals surface area contributed by atoms with Gasteiger partial charge in [0.15, 0.2) is 0 Å². The van der Waals surface area contributed by atoms with E-state index in [0.29, 0.717) is 24.4 Å². The van der Waals surface area contributed by atoms with E-state index in [1.807, 2.05) is 37.3 Å². The van der Waals surface area contributed by atoms with E-state index in [9.17, 15) is 9.59 Å².